The van der Waals surface area contributed by atoms with Gasteiger partial charge in [0.25, 0.3) is 0 Å². The van der Waals surface area contributed by atoms with Crippen LogP contribution in [0, 0.1) is 5.92 Å². The zero-order valence-electron chi connectivity index (χ0n) is 13.2. The van der Waals surface area contributed by atoms with Crippen LogP contribution in [0.2, 0.25) is 0 Å². The molecule has 1 aromatic rings. The van der Waals surface area contributed by atoms with E-state index >= 15 is 0 Å². The normalized spacial score (nSPS) is 24.0. The Morgan fingerprint density at radius 1 is 1.33 bits per heavy atom. The number of benzene rings is 1. The van der Waals surface area contributed by atoms with Crippen LogP contribution in [0.3, 0.4) is 0 Å². The van der Waals surface area contributed by atoms with Gasteiger partial charge in [-0.3, -0.25) is 0 Å². The molecule has 118 valence electrons. The number of nitrogens with zero attached hydrogens (tertiary/aromatic N) is 1. The average Bonchev–Trinajstić information content (AvgIpc) is 2.46. The second kappa shape index (κ2) is 7.66. The van der Waals surface area contributed by atoms with Gasteiger partial charge in [-0.2, -0.15) is 0 Å². The predicted octanol–water partition coefficient (Wildman–Crippen LogP) is 2.52. The molecule has 0 amide bonds. The van der Waals surface area contributed by atoms with E-state index in [9.17, 15) is 5.11 Å². The van der Waals surface area contributed by atoms with Crippen LogP contribution >= 0.6 is 0 Å². The van der Waals surface area contributed by atoms with Gasteiger partial charge < -0.3 is 20.5 Å². The summed E-state index contributed by atoms with van der Waals surface area (Å²) in [5.41, 5.74) is 6.35. The molecule has 1 saturated carbocycles. The summed E-state index contributed by atoms with van der Waals surface area (Å²) in [7, 11) is 2.11. The van der Waals surface area contributed by atoms with E-state index in [1.54, 1.807) is 12.1 Å². The minimum atomic E-state index is -0.468. The van der Waals surface area contributed by atoms with Crippen molar-refractivity contribution in [2.75, 3.05) is 25.9 Å². The molecule has 3 N–H and O–H groups in total. The highest BCUT2D eigenvalue weighted by atomic mass is 16.5. The molecule has 0 radical (unpaired) electrons. The molecule has 4 nitrogen and oxygen atoms in total. The van der Waals surface area contributed by atoms with Gasteiger partial charge in [-0.1, -0.05) is 19.8 Å². The van der Waals surface area contributed by atoms with E-state index in [0.29, 0.717) is 24.9 Å². The minimum Gasteiger partial charge on any atom is -0.491 e. The van der Waals surface area contributed by atoms with Crippen LogP contribution in [0.15, 0.2) is 24.3 Å². The molecule has 1 aromatic carbocycles. The van der Waals surface area contributed by atoms with Gasteiger partial charge in [0.15, 0.2) is 0 Å². The Morgan fingerprint density at radius 2 is 2.05 bits per heavy atom. The largest absolute Gasteiger partial charge is 0.491 e. The third kappa shape index (κ3) is 5.21. The lowest BCUT2D eigenvalue weighted by molar-refractivity contribution is 0.0516. The summed E-state index contributed by atoms with van der Waals surface area (Å²) in [6, 6.07) is 7.86. The monoisotopic (exact) mass is 292 g/mol. The molecule has 0 bridgehead atoms. The molecule has 1 fully saturated rings. The number of hydrogen-bond donors (Lipinski definition) is 2. The summed E-state index contributed by atoms with van der Waals surface area (Å²) in [6.45, 7) is 3.30. The summed E-state index contributed by atoms with van der Waals surface area (Å²) in [5, 5.41) is 10.1. The number of nitrogens with two attached hydrogens (primary N) is 1. The number of nitrogen functional groups attached to an aromatic ring is 1. The number of aliphatic hydroxyl groups is 1. The van der Waals surface area contributed by atoms with Crippen LogP contribution in [0.5, 0.6) is 5.75 Å². The van der Waals surface area contributed by atoms with Crippen molar-refractivity contribution >= 4 is 5.69 Å². The van der Waals surface area contributed by atoms with Crippen molar-refractivity contribution in [1.82, 2.24) is 4.90 Å². The lowest BCUT2D eigenvalue weighted by Gasteiger charge is -2.35. The predicted molar refractivity (Wildman–Crippen MR) is 86.4 cm³/mol. The maximum absolute atomic E-state index is 10.1. The van der Waals surface area contributed by atoms with Gasteiger partial charge >= 0.3 is 0 Å². The number of anilines is 1. The highest BCUT2D eigenvalue weighted by molar-refractivity contribution is 5.41. The van der Waals surface area contributed by atoms with Crippen LogP contribution in [0.1, 0.15) is 32.6 Å². The van der Waals surface area contributed by atoms with Gasteiger partial charge in [0.1, 0.15) is 18.5 Å². The summed E-state index contributed by atoms with van der Waals surface area (Å²) < 4.78 is 5.60. The second-order valence-corrected chi connectivity index (χ2v) is 6.40. The van der Waals surface area contributed by atoms with Gasteiger partial charge in [0.2, 0.25) is 0 Å². The Hall–Kier alpha value is -1.26. The lowest BCUT2D eigenvalue weighted by atomic mass is 9.86. The van der Waals surface area contributed by atoms with Gasteiger partial charge in [-0.15, -0.1) is 0 Å². The lowest BCUT2D eigenvalue weighted by Crippen LogP contribution is -2.41. The van der Waals surface area contributed by atoms with Crippen molar-refractivity contribution in [3.05, 3.63) is 24.3 Å². The van der Waals surface area contributed by atoms with Crippen molar-refractivity contribution in [2.24, 2.45) is 5.92 Å². The molecule has 3 unspecified atom stereocenters. The van der Waals surface area contributed by atoms with E-state index in [0.717, 1.165) is 11.7 Å². The molecule has 2 rings (SSSR count). The quantitative estimate of drug-likeness (QED) is 0.791. The molecule has 0 spiro atoms. The Balaban J connectivity index is 1.73. The maximum Gasteiger partial charge on any atom is 0.119 e. The van der Waals surface area contributed by atoms with Crippen molar-refractivity contribution in [1.29, 1.82) is 0 Å². The zero-order valence-corrected chi connectivity index (χ0v) is 13.2. The highest BCUT2D eigenvalue weighted by Gasteiger charge is 2.23. The molecule has 1 aliphatic carbocycles. The maximum atomic E-state index is 10.1. The number of aliphatic hydroxyl groups excluding tert-OH is 1. The van der Waals surface area contributed by atoms with Crippen molar-refractivity contribution in [3.8, 4) is 5.75 Å². The SMILES string of the molecule is CC1CCCC(N(C)CC(O)COc2ccc(N)cc2)C1. The van der Waals surface area contributed by atoms with Gasteiger partial charge in [0, 0.05) is 18.3 Å². The standard InChI is InChI=1S/C17H28N2O2/c1-13-4-3-5-15(10-13)19(2)11-16(20)12-21-17-8-6-14(18)7-9-17/h6-9,13,15-16,20H,3-5,10-12,18H2,1-2H3. The number of hydrogen-bond acceptors (Lipinski definition) is 4. The summed E-state index contributed by atoms with van der Waals surface area (Å²) in [5.74, 6) is 1.55. The van der Waals surface area contributed by atoms with Gasteiger partial charge in [-0.05, 0) is 50.1 Å². The minimum absolute atomic E-state index is 0.316. The molecule has 4 heteroatoms. The molecule has 21 heavy (non-hydrogen) atoms. The topological polar surface area (TPSA) is 58.7 Å². The summed E-state index contributed by atoms with van der Waals surface area (Å²) >= 11 is 0. The molecule has 0 heterocycles. The fraction of sp³-hybridized carbons (Fsp3) is 0.647. The first-order valence-electron chi connectivity index (χ1n) is 7.91. The average molecular weight is 292 g/mol. The molecule has 3 atom stereocenters. The highest BCUT2D eigenvalue weighted by Crippen LogP contribution is 2.26. The number of rotatable bonds is 6. The van der Waals surface area contributed by atoms with E-state index in [-0.39, 0.29) is 0 Å². The molecular weight excluding hydrogens is 264 g/mol. The Kier molecular flexibility index (Phi) is 5.88. The van der Waals surface area contributed by atoms with E-state index < -0.39 is 6.10 Å². The molecule has 1 aliphatic rings. The van der Waals surface area contributed by atoms with Gasteiger partial charge in [-0.25, -0.2) is 0 Å². The van der Waals surface area contributed by atoms with Crippen molar-refractivity contribution < 1.29 is 9.84 Å². The van der Waals surface area contributed by atoms with E-state index in [2.05, 4.69) is 18.9 Å². The number of likely N-dealkylation sites (N-methyl/N-ethyl adjacent to an activating group) is 1. The Bertz CT molecular complexity index is 421. The first-order chi connectivity index (χ1) is 10.0. The van der Waals surface area contributed by atoms with Gasteiger partial charge in [0.05, 0.1) is 0 Å². The molecule has 0 aromatic heterocycles. The van der Waals surface area contributed by atoms with Crippen LogP contribution in [-0.4, -0.2) is 42.4 Å². The number of ether oxygens (including phenoxy) is 1. The summed E-state index contributed by atoms with van der Waals surface area (Å²) in [6.07, 6.45) is 4.65. The van der Waals surface area contributed by atoms with Crippen LogP contribution in [-0.2, 0) is 0 Å². The van der Waals surface area contributed by atoms with Crippen LogP contribution in [0.25, 0.3) is 0 Å². The smallest absolute Gasteiger partial charge is 0.119 e. The fourth-order valence-electron chi connectivity index (χ4n) is 3.09. The van der Waals surface area contributed by atoms with E-state index in [1.165, 1.54) is 25.7 Å². The van der Waals surface area contributed by atoms with E-state index in [4.69, 9.17) is 10.5 Å². The molecular formula is C17H28N2O2. The van der Waals surface area contributed by atoms with E-state index in [1.807, 2.05) is 12.1 Å². The Labute approximate surface area is 127 Å². The van der Waals surface area contributed by atoms with Crippen molar-refractivity contribution in [3.63, 3.8) is 0 Å². The Morgan fingerprint density at radius 3 is 2.71 bits per heavy atom. The first-order valence-corrected chi connectivity index (χ1v) is 7.91. The summed E-state index contributed by atoms with van der Waals surface area (Å²) in [4.78, 5) is 2.28. The molecule has 0 saturated heterocycles. The zero-order chi connectivity index (χ0) is 15.2. The molecule has 0 aliphatic heterocycles. The first kappa shape index (κ1) is 16.1. The second-order valence-electron chi connectivity index (χ2n) is 6.40. The fourth-order valence-corrected chi connectivity index (χ4v) is 3.09. The van der Waals surface area contributed by atoms with Crippen LogP contribution in [0.4, 0.5) is 5.69 Å². The van der Waals surface area contributed by atoms with Crippen LogP contribution < -0.4 is 10.5 Å². The third-order valence-corrected chi connectivity index (χ3v) is 4.35. The third-order valence-electron chi connectivity index (χ3n) is 4.35. The van der Waals surface area contributed by atoms with Crippen molar-refractivity contribution in [2.45, 2.75) is 44.8 Å².